The number of aliphatic hydroxyl groups is 1. The van der Waals surface area contributed by atoms with Crippen molar-refractivity contribution in [1.29, 1.82) is 0 Å². The van der Waals surface area contributed by atoms with Crippen molar-refractivity contribution < 1.29 is 15.0 Å². The molecule has 0 saturated carbocycles. The molecule has 0 spiro atoms. The maximum atomic E-state index is 11.4. The molecule has 0 aliphatic carbocycles. The Hall–Kier alpha value is -2.17. The van der Waals surface area contributed by atoms with Gasteiger partial charge in [0, 0.05) is 0 Å². The average molecular weight is 285 g/mol. The first-order valence-electron chi connectivity index (χ1n) is 6.89. The average Bonchev–Trinajstić information content (AvgIpc) is 2.53. The summed E-state index contributed by atoms with van der Waals surface area (Å²) in [6, 6.07) is 17.7. The summed E-state index contributed by atoms with van der Waals surface area (Å²) in [5.41, 5.74) is 1.82. The zero-order chi connectivity index (χ0) is 15.1. The smallest absolute Gasteiger partial charge is 0.321 e. The van der Waals surface area contributed by atoms with E-state index in [1.807, 2.05) is 60.7 Å². The standard InChI is InChI=1S/C17H19NO3/c19-12-16(14-9-5-2-6-10-14)18-15(17(20)21)11-13-7-3-1-4-8-13/h1-10,15-16,18-19H,11-12H2,(H,20,21)/t15-,16-/m0/s1. The van der Waals surface area contributed by atoms with Crippen LogP contribution in [0.4, 0.5) is 0 Å². The predicted octanol–water partition coefficient (Wildman–Crippen LogP) is 2.01. The molecule has 2 aromatic rings. The van der Waals surface area contributed by atoms with Crippen molar-refractivity contribution in [3.05, 3.63) is 71.8 Å². The molecule has 0 bridgehead atoms. The van der Waals surface area contributed by atoms with Crippen LogP contribution in [0.25, 0.3) is 0 Å². The molecule has 0 saturated heterocycles. The van der Waals surface area contributed by atoms with Gasteiger partial charge in [-0.25, -0.2) is 0 Å². The Labute approximate surface area is 124 Å². The van der Waals surface area contributed by atoms with Crippen LogP contribution in [-0.4, -0.2) is 28.8 Å². The molecule has 0 aliphatic heterocycles. The summed E-state index contributed by atoms with van der Waals surface area (Å²) < 4.78 is 0. The van der Waals surface area contributed by atoms with Gasteiger partial charge in [0.2, 0.25) is 0 Å². The van der Waals surface area contributed by atoms with E-state index in [4.69, 9.17) is 0 Å². The summed E-state index contributed by atoms with van der Waals surface area (Å²) in [6.07, 6.45) is 0.375. The molecule has 0 radical (unpaired) electrons. The molecule has 110 valence electrons. The molecule has 0 amide bonds. The largest absolute Gasteiger partial charge is 0.480 e. The Kier molecular flexibility index (Phi) is 5.49. The van der Waals surface area contributed by atoms with Gasteiger partial charge in [0.05, 0.1) is 12.6 Å². The third kappa shape index (κ3) is 4.41. The van der Waals surface area contributed by atoms with E-state index >= 15 is 0 Å². The van der Waals surface area contributed by atoms with Crippen molar-refractivity contribution in [1.82, 2.24) is 5.32 Å². The van der Waals surface area contributed by atoms with E-state index < -0.39 is 18.1 Å². The molecule has 2 rings (SSSR count). The highest BCUT2D eigenvalue weighted by atomic mass is 16.4. The van der Waals surface area contributed by atoms with Gasteiger partial charge in [-0.3, -0.25) is 10.1 Å². The maximum Gasteiger partial charge on any atom is 0.321 e. The summed E-state index contributed by atoms with van der Waals surface area (Å²) in [6.45, 7) is -0.150. The number of aliphatic hydroxyl groups excluding tert-OH is 1. The number of aliphatic carboxylic acids is 1. The number of hydrogen-bond acceptors (Lipinski definition) is 3. The molecule has 0 unspecified atom stereocenters. The quantitative estimate of drug-likeness (QED) is 0.728. The van der Waals surface area contributed by atoms with Crippen molar-refractivity contribution in [2.24, 2.45) is 0 Å². The first-order valence-corrected chi connectivity index (χ1v) is 6.89. The van der Waals surface area contributed by atoms with Gasteiger partial charge < -0.3 is 10.2 Å². The molecule has 21 heavy (non-hydrogen) atoms. The second-order valence-corrected chi connectivity index (χ2v) is 4.89. The monoisotopic (exact) mass is 285 g/mol. The van der Waals surface area contributed by atoms with Crippen LogP contribution in [0.15, 0.2) is 60.7 Å². The number of rotatable bonds is 7. The second-order valence-electron chi connectivity index (χ2n) is 4.89. The minimum atomic E-state index is -0.923. The normalized spacial score (nSPS) is 13.6. The fourth-order valence-corrected chi connectivity index (χ4v) is 2.25. The predicted molar refractivity (Wildman–Crippen MR) is 81.0 cm³/mol. The lowest BCUT2D eigenvalue weighted by molar-refractivity contribution is -0.139. The topological polar surface area (TPSA) is 69.6 Å². The van der Waals surface area contributed by atoms with Gasteiger partial charge in [0.25, 0.3) is 0 Å². The molecular weight excluding hydrogens is 266 g/mol. The van der Waals surface area contributed by atoms with Crippen LogP contribution in [0.2, 0.25) is 0 Å². The van der Waals surface area contributed by atoms with Crippen LogP contribution >= 0.6 is 0 Å². The Bertz CT molecular complexity index is 557. The zero-order valence-corrected chi connectivity index (χ0v) is 11.6. The zero-order valence-electron chi connectivity index (χ0n) is 11.6. The lowest BCUT2D eigenvalue weighted by Crippen LogP contribution is -2.42. The molecule has 4 nitrogen and oxygen atoms in total. The Morgan fingerprint density at radius 1 is 1.00 bits per heavy atom. The van der Waals surface area contributed by atoms with Crippen LogP contribution in [0.3, 0.4) is 0 Å². The van der Waals surface area contributed by atoms with E-state index in [-0.39, 0.29) is 6.61 Å². The minimum Gasteiger partial charge on any atom is -0.480 e. The Balaban J connectivity index is 2.10. The molecule has 0 heterocycles. The van der Waals surface area contributed by atoms with E-state index in [2.05, 4.69) is 5.32 Å². The molecule has 2 aromatic carbocycles. The fourth-order valence-electron chi connectivity index (χ4n) is 2.25. The lowest BCUT2D eigenvalue weighted by Gasteiger charge is -2.22. The van der Waals surface area contributed by atoms with Crippen molar-refractivity contribution in [3.8, 4) is 0 Å². The van der Waals surface area contributed by atoms with E-state index in [1.54, 1.807) is 0 Å². The van der Waals surface area contributed by atoms with E-state index in [9.17, 15) is 15.0 Å². The number of nitrogens with one attached hydrogen (secondary N) is 1. The lowest BCUT2D eigenvalue weighted by atomic mass is 10.0. The number of benzene rings is 2. The van der Waals surface area contributed by atoms with Crippen molar-refractivity contribution in [2.75, 3.05) is 6.61 Å². The highest BCUT2D eigenvalue weighted by Gasteiger charge is 2.22. The third-order valence-corrected chi connectivity index (χ3v) is 3.37. The highest BCUT2D eigenvalue weighted by molar-refractivity contribution is 5.74. The first kappa shape index (κ1) is 15.2. The number of carboxylic acids is 1. The molecule has 0 aliphatic rings. The van der Waals surface area contributed by atoms with Crippen LogP contribution in [0.5, 0.6) is 0 Å². The van der Waals surface area contributed by atoms with Crippen LogP contribution in [0.1, 0.15) is 17.2 Å². The summed E-state index contributed by atoms with van der Waals surface area (Å²) >= 11 is 0. The van der Waals surface area contributed by atoms with Gasteiger partial charge in [-0.1, -0.05) is 60.7 Å². The Morgan fingerprint density at radius 2 is 1.57 bits per heavy atom. The molecule has 0 aromatic heterocycles. The van der Waals surface area contributed by atoms with E-state index in [0.717, 1.165) is 11.1 Å². The van der Waals surface area contributed by atoms with Gasteiger partial charge in [-0.15, -0.1) is 0 Å². The van der Waals surface area contributed by atoms with Gasteiger partial charge >= 0.3 is 5.97 Å². The van der Waals surface area contributed by atoms with Crippen LogP contribution < -0.4 is 5.32 Å². The van der Waals surface area contributed by atoms with E-state index in [1.165, 1.54) is 0 Å². The van der Waals surface area contributed by atoms with Crippen LogP contribution in [-0.2, 0) is 11.2 Å². The van der Waals surface area contributed by atoms with Gasteiger partial charge in [-0.2, -0.15) is 0 Å². The third-order valence-electron chi connectivity index (χ3n) is 3.37. The molecule has 2 atom stereocenters. The molecule has 4 heteroatoms. The maximum absolute atomic E-state index is 11.4. The first-order chi connectivity index (χ1) is 10.2. The van der Waals surface area contributed by atoms with Crippen molar-refractivity contribution >= 4 is 5.97 Å². The highest BCUT2D eigenvalue weighted by Crippen LogP contribution is 2.14. The number of carbonyl (C=O) groups is 1. The second kappa shape index (κ2) is 7.57. The van der Waals surface area contributed by atoms with E-state index in [0.29, 0.717) is 6.42 Å². The Morgan fingerprint density at radius 3 is 2.10 bits per heavy atom. The van der Waals surface area contributed by atoms with Crippen LogP contribution in [0, 0.1) is 0 Å². The summed E-state index contributed by atoms with van der Waals surface area (Å²) in [7, 11) is 0. The summed E-state index contributed by atoms with van der Waals surface area (Å²) in [5.74, 6) is -0.923. The van der Waals surface area contributed by atoms with Crippen molar-refractivity contribution in [3.63, 3.8) is 0 Å². The molecule has 0 fully saturated rings. The van der Waals surface area contributed by atoms with Gasteiger partial charge in [0.15, 0.2) is 0 Å². The van der Waals surface area contributed by atoms with Gasteiger partial charge in [0.1, 0.15) is 6.04 Å². The molecular formula is C17H19NO3. The summed E-state index contributed by atoms with van der Waals surface area (Å²) in [4.78, 5) is 11.4. The molecule has 3 N–H and O–H groups in total. The number of carboxylic acid groups (broad SMARTS) is 1. The fraction of sp³-hybridized carbons (Fsp3) is 0.235. The minimum absolute atomic E-state index is 0.150. The number of hydrogen-bond donors (Lipinski definition) is 3. The van der Waals surface area contributed by atoms with Gasteiger partial charge in [-0.05, 0) is 17.5 Å². The summed E-state index contributed by atoms with van der Waals surface area (Å²) in [5, 5.41) is 21.9. The van der Waals surface area contributed by atoms with Crippen molar-refractivity contribution in [2.45, 2.75) is 18.5 Å². The SMILES string of the molecule is O=C(O)[C@H](Cc1ccccc1)N[C@@H](CO)c1ccccc1.